The summed E-state index contributed by atoms with van der Waals surface area (Å²) in [5.74, 6) is -3.06. The lowest BCUT2D eigenvalue weighted by Gasteiger charge is -2.39. The molecule has 1 aromatic carbocycles. The molecule has 15 heavy (non-hydrogen) atoms. The number of hydrogen-bond acceptors (Lipinski definition) is 2. The van der Waals surface area contributed by atoms with E-state index in [0.29, 0.717) is 19.2 Å². The van der Waals surface area contributed by atoms with E-state index >= 15 is 0 Å². The third-order valence-corrected chi connectivity index (χ3v) is 2.43. The first kappa shape index (κ1) is 12.3. The van der Waals surface area contributed by atoms with Gasteiger partial charge in [-0.1, -0.05) is 0 Å². The Balaban J connectivity index is 0.00000112. The van der Waals surface area contributed by atoms with Crippen LogP contribution in [-0.2, 0) is 5.54 Å². The molecule has 2 nitrogen and oxygen atoms in total. The van der Waals surface area contributed by atoms with Crippen molar-refractivity contribution in [1.82, 2.24) is 5.32 Å². The third kappa shape index (κ3) is 1.95. The minimum absolute atomic E-state index is 0. The van der Waals surface area contributed by atoms with E-state index in [0.717, 1.165) is 6.07 Å². The highest BCUT2D eigenvalue weighted by molar-refractivity contribution is 5.85. The van der Waals surface area contributed by atoms with E-state index in [1.54, 1.807) is 0 Å². The van der Waals surface area contributed by atoms with Crippen molar-refractivity contribution in [2.75, 3.05) is 13.1 Å². The van der Waals surface area contributed by atoms with Gasteiger partial charge in [0.1, 0.15) is 5.82 Å². The average molecular weight is 239 g/mol. The van der Waals surface area contributed by atoms with Crippen molar-refractivity contribution >= 4 is 12.4 Å². The van der Waals surface area contributed by atoms with Crippen LogP contribution in [0.15, 0.2) is 12.1 Å². The van der Waals surface area contributed by atoms with E-state index in [1.165, 1.54) is 0 Å². The van der Waals surface area contributed by atoms with E-state index in [-0.39, 0.29) is 18.0 Å². The Labute approximate surface area is 91.1 Å². The Bertz CT molecular complexity index is 380. The first-order valence-electron chi connectivity index (χ1n) is 4.17. The van der Waals surface area contributed by atoms with Crippen molar-refractivity contribution in [3.05, 3.63) is 35.1 Å². The molecule has 1 fully saturated rings. The molecule has 6 heteroatoms. The normalized spacial score (nSPS) is 17.9. The Morgan fingerprint density at radius 2 is 1.60 bits per heavy atom. The third-order valence-electron chi connectivity index (χ3n) is 2.43. The lowest BCUT2D eigenvalue weighted by atomic mass is 9.85. The van der Waals surface area contributed by atoms with Crippen LogP contribution in [0.1, 0.15) is 5.56 Å². The predicted octanol–water partition coefficient (Wildman–Crippen LogP) is 1.28. The van der Waals surface area contributed by atoms with E-state index in [4.69, 9.17) is 5.73 Å². The second-order valence-corrected chi connectivity index (χ2v) is 3.51. The van der Waals surface area contributed by atoms with Crippen LogP contribution in [0.4, 0.5) is 13.2 Å². The number of benzene rings is 1. The zero-order valence-corrected chi connectivity index (χ0v) is 8.50. The summed E-state index contributed by atoms with van der Waals surface area (Å²) >= 11 is 0. The van der Waals surface area contributed by atoms with Crippen molar-refractivity contribution in [2.45, 2.75) is 5.54 Å². The summed E-state index contributed by atoms with van der Waals surface area (Å²) in [7, 11) is 0. The molecule has 0 radical (unpaired) electrons. The molecular weight excluding hydrogens is 229 g/mol. The SMILES string of the molecule is Cl.NC1(c2cc(F)c(F)cc2F)CNC1. The first-order valence-corrected chi connectivity index (χ1v) is 4.17. The highest BCUT2D eigenvalue weighted by atomic mass is 35.5. The maximum Gasteiger partial charge on any atom is 0.161 e. The molecule has 0 aliphatic carbocycles. The van der Waals surface area contributed by atoms with Gasteiger partial charge in [0.2, 0.25) is 0 Å². The van der Waals surface area contributed by atoms with Gasteiger partial charge in [-0.3, -0.25) is 0 Å². The van der Waals surface area contributed by atoms with Crippen LogP contribution in [0, 0.1) is 17.5 Å². The van der Waals surface area contributed by atoms with Crippen LogP contribution in [0.25, 0.3) is 0 Å². The monoisotopic (exact) mass is 238 g/mol. The molecule has 1 heterocycles. The number of rotatable bonds is 1. The Morgan fingerprint density at radius 1 is 1.07 bits per heavy atom. The maximum atomic E-state index is 13.2. The molecular formula is C9H10ClF3N2. The van der Waals surface area contributed by atoms with Gasteiger partial charge in [-0.05, 0) is 6.07 Å². The summed E-state index contributed by atoms with van der Waals surface area (Å²) in [4.78, 5) is 0. The van der Waals surface area contributed by atoms with E-state index in [9.17, 15) is 13.2 Å². The molecule has 0 bridgehead atoms. The topological polar surface area (TPSA) is 38.0 Å². The molecule has 0 saturated carbocycles. The van der Waals surface area contributed by atoms with Crippen molar-refractivity contribution in [1.29, 1.82) is 0 Å². The molecule has 0 aromatic heterocycles. The summed E-state index contributed by atoms with van der Waals surface area (Å²) in [5, 5.41) is 2.85. The fraction of sp³-hybridized carbons (Fsp3) is 0.333. The quantitative estimate of drug-likeness (QED) is 0.724. The lowest BCUT2D eigenvalue weighted by molar-refractivity contribution is 0.275. The van der Waals surface area contributed by atoms with Crippen molar-refractivity contribution in [2.24, 2.45) is 5.73 Å². The summed E-state index contributed by atoms with van der Waals surface area (Å²) in [6, 6.07) is 1.35. The second kappa shape index (κ2) is 4.00. The van der Waals surface area contributed by atoms with Crippen LogP contribution >= 0.6 is 12.4 Å². The Hall–Kier alpha value is -0.780. The number of nitrogens with one attached hydrogen (secondary N) is 1. The van der Waals surface area contributed by atoms with E-state index in [1.807, 2.05) is 0 Å². The van der Waals surface area contributed by atoms with Crippen LogP contribution < -0.4 is 11.1 Å². The van der Waals surface area contributed by atoms with E-state index < -0.39 is 23.0 Å². The summed E-state index contributed by atoms with van der Waals surface area (Å²) in [6.07, 6.45) is 0. The first-order chi connectivity index (χ1) is 6.53. The highest BCUT2D eigenvalue weighted by Crippen LogP contribution is 2.26. The molecule has 0 amide bonds. The lowest BCUT2D eigenvalue weighted by Crippen LogP contribution is -2.63. The molecule has 0 unspecified atom stereocenters. The highest BCUT2D eigenvalue weighted by Gasteiger charge is 2.37. The summed E-state index contributed by atoms with van der Waals surface area (Å²) in [6.45, 7) is 0.740. The van der Waals surface area contributed by atoms with Gasteiger partial charge in [-0.25, -0.2) is 13.2 Å². The smallest absolute Gasteiger partial charge is 0.161 e. The van der Waals surface area contributed by atoms with Gasteiger partial charge in [0, 0.05) is 24.7 Å². The minimum atomic E-state index is -1.19. The Kier molecular flexibility index (Phi) is 3.28. The van der Waals surface area contributed by atoms with Crippen molar-refractivity contribution < 1.29 is 13.2 Å². The van der Waals surface area contributed by atoms with Gasteiger partial charge in [-0.2, -0.15) is 0 Å². The minimum Gasteiger partial charge on any atom is -0.319 e. The molecule has 1 saturated heterocycles. The van der Waals surface area contributed by atoms with E-state index in [2.05, 4.69) is 5.32 Å². The van der Waals surface area contributed by atoms with Crippen LogP contribution in [-0.4, -0.2) is 13.1 Å². The second-order valence-electron chi connectivity index (χ2n) is 3.51. The zero-order valence-electron chi connectivity index (χ0n) is 7.69. The fourth-order valence-electron chi connectivity index (χ4n) is 1.49. The molecule has 84 valence electrons. The van der Waals surface area contributed by atoms with Crippen molar-refractivity contribution in [3.8, 4) is 0 Å². The molecule has 1 aliphatic rings. The average Bonchev–Trinajstić information content (AvgIpc) is 2.07. The zero-order chi connectivity index (χ0) is 10.3. The van der Waals surface area contributed by atoms with Crippen LogP contribution in [0.2, 0.25) is 0 Å². The van der Waals surface area contributed by atoms with Gasteiger partial charge in [0.15, 0.2) is 11.6 Å². The molecule has 2 rings (SSSR count). The predicted molar refractivity (Wildman–Crippen MR) is 52.3 cm³/mol. The molecule has 0 atom stereocenters. The summed E-state index contributed by atoms with van der Waals surface area (Å²) < 4.78 is 38.7. The number of nitrogens with two attached hydrogens (primary N) is 1. The van der Waals surface area contributed by atoms with Crippen LogP contribution in [0.5, 0.6) is 0 Å². The molecule has 1 aliphatic heterocycles. The number of hydrogen-bond donors (Lipinski definition) is 2. The number of halogens is 4. The standard InChI is InChI=1S/C9H9F3N2.ClH/c10-6-2-8(12)7(11)1-5(6)9(13)3-14-4-9;/h1-2,14H,3-4,13H2;1H. The van der Waals surface area contributed by atoms with Gasteiger partial charge in [-0.15, -0.1) is 12.4 Å². The van der Waals surface area contributed by atoms with Gasteiger partial charge < -0.3 is 11.1 Å². The van der Waals surface area contributed by atoms with Gasteiger partial charge in [0.25, 0.3) is 0 Å². The van der Waals surface area contributed by atoms with Crippen LogP contribution in [0.3, 0.4) is 0 Å². The van der Waals surface area contributed by atoms with Gasteiger partial charge >= 0.3 is 0 Å². The van der Waals surface area contributed by atoms with Gasteiger partial charge in [0.05, 0.1) is 5.54 Å². The summed E-state index contributed by atoms with van der Waals surface area (Å²) in [5.41, 5.74) is 4.87. The fourth-order valence-corrected chi connectivity index (χ4v) is 1.49. The Morgan fingerprint density at radius 3 is 2.07 bits per heavy atom. The largest absolute Gasteiger partial charge is 0.319 e. The molecule has 0 spiro atoms. The molecule has 3 N–H and O–H groups in total. The van der Waals surface area contributed by atoms with Crippen molar-refractivity contribution in [3.63, 3.8) is 0 Å². The maximum absolute atomic E-state index is 13.2. The molecule has 1 aromatic rings.